The van der Waals surface area contributed by atoms with Crippen molar-refractivity contribution in [2.75, 3.05) is 0 Å². The van der Waals surface area contributed by atoms with Crippen molar-refractivity contribution >= 4 is 0 Å². The van der Waals surface area contributed by atoms with Crippen LogP contribution in [0.15, 0.2) is 24.5 Å². The third kappa shape index (κ3) is 2.64. The molecule has 0 amide bonds. The van der Waals surface area contributed by atoms with Crippen LogP contribution in [0.5, 0.6) is 0 Å². The van der Waals surface area contributed by atoms with Crippen LogP contribution in [0, 0.1) is 0 Å². The van der Waals surface area contributed by atoms with Crippen LogP contribution in [-0.4, -0.2) is 4.98 Å². The molecule has 0 aliphatic carbocycles. The molecule has 1 aromatic heterocycles. The van der Waals surface area contributed by atoms with Crippen LogP contribution in [0.25, 0.3) is 0 Å². The first kappa shape index (κ1) is 8.67. The summed E-state index contributed by atoms with van der Waals surface area (Å²) in [4.78, 5) is 3.89. The molecular formula is C7H9CuN. The zero-order chi connectivity index (χ0) is 5.82. The Morgan fingerprint density at radius 2 is 1.89 bits per heavy atom. The smallest absolute Gasteiger partial charge is 0.0270 e. The van der Waals surface area contributed by atoms with E-state index in [9.17, 15) is 0 Å². The van der Waals surface area contributed by atoms with E-state index in [0.29, 0.717) is 0 Å². The fourth-order valence-electron chi connectivity index (χ4n) is 0.618. The predicted molar refractivity (Wildman–Crippen MR) is 33.6 cm³/mol. The van der Waals surface area contributed by atoms with Gasteiger partial charge in [-0.3, -0.25) is 4.98 Å². The average Bonchev–Trinajstić information content (AvgIpc) is 1.90. The SMILES string of the molecule is CCc1ccncc1.[Cu]. The summed E-state index contributed by atoms with van der Waals surface area (Å²) in [6.45, 7) is 2.13. The molecule has 0 aromatic carbocycles. The van der Waals surface area contributed by atoms with Gasteiger partial charge in [0, 0.05) is 29.5 Å². The molecule has 0 aliphatic rings. The summed E-state index contributed by atoms with van der Waals surface area (Å²) in [5.74, 6) is 0. The Morgan fingerprint density at radius 3 is 2.22 bits per heavy atom. The minimum Gasteiger partial charge on any atom is -0.265 e. The quantitative estimate of drug-likeness (QED) is 0.585. The third-order valence-electron chi connectivity index (χ3n) is 1.16. The molecular weight excluding hydrogens is 162 g/mol. The number of hydrogen-bond donors (Lipinski definition) is 0. The molecule has 0 unspecified atom stereocenters. The van der Waals surface area contributed by atoms with Crippen molar-refractivity contribution in [1.29, 1.82) is 0 Å². The first-order valence-corrected chi connectivity index (χ1v) is 2.82. The standard InChI is InChI=1S/C7H9N.Cu/c1-2-7-3-5-8-6-4-7;/h3-6H,2H2,1H3;. The maximum atomic E-state index is 3.89. The van der Waals surface area contributed by atoms with E-state index in [2.05, 4.69) is 11.9 Å². The molecule has 0 bridgehead atoms. The average molecular weight is 171 g/mol. The van der Waals surface area contributed by atoms with Crippen LogP contribution < -0.4 is 0 Å². The second-order valence-corrected chi connectivity index (χ2v) is 1.71. The summed E-state index contributed by atoms with van der Waals surface area (Å²) in [6.07, 6.45) is 4.74. The topological polar surface area (TPSA) is 12.9 Å². The van der Waals surface area contributed by atoms with Crippen molar-refractivity contribution in [2.24, 2.45) is 0 Å². The predicted octanol–water partition coefficient (Wildman–Crippen LogP) is 1.64. The van der Waals surface area contributed by atoms with Gasteiger partial charge in [0.25, 0.3) is 0 Å². The van der Waals surface area contributed by atoms with Gasteiger partial charge in [-0.1, -0.05) is 6.92 Å². The minimum atomic E-state index is 0. The first-order valence-electron chi connectivity index (χ1n) is 2.82. The molecule has 1 nitrogen and oxygen atoms in total. The molecule has 0 aliphatic heterocycles. The van der Waals surface area contributed by atoms with E-state index in [1.54, 1.807) is 0 Å². The van der Waals surface area contributed by atoms with Crippen LogP contribution in [0.1, 0.15) is 12.5 Å². The van der Waals surface area contributed by atoms with E-state index < -0.39 is 0 Å². The number of aromatic nitrogens is 1. The number of hydrogen-bond acceptors (Lipinski definition) is 1. The molecule has 9 heavy (non-hydrogen) atoms. The van der Waals surface area contributed by atoms with Crippen molar-refractivity contribution in [1.82, 2.24) is 4.98 Å². The molecule has 1 radical (unpaired) electrons. The normalized spacial score (nSPS) is 8.11. The van der Waals surface area contributed by atoms with Gasteiger partial charge in [-0.2, -0.15) is 0 Å². The Labute approximate surface area is 66.0 Å². The summed E-state index contributed by atoms with van der Waals surface area (Å²) < 4.78 is 0. The van der Waals surface area contributed by atoms with Crippen molar-refractivity contribution in [3.05, 3.63) is 30.1 Å². The maximum Gasteiger partial charge on any atom is 0.0270 e. The molecule has 0 atom stereocenters. The molecule has 0 spiro atoms. The second-order valence-electron chi connectivity index (χ2n) is 1.71. The molecule has 1 aromatic rings. The van der Waals surface area contributed by atoms with E-state index in [1.807, 2.05) is 24.5 Å². The first-order chi connectivity index (χ1) is 3.93. The largest absolute Gasteiger partial charge is 0.265 e. The Hall–Kier alpha value is -0.331. The van der Waals surface area contributed by atoms with Gasteiger partial charge in [-0.15, -0.1) is 0 Å². The van der Waals surface area contributed by atoms with E-state index in [1.165, 1.54) is 5.56 Å². The zero-order valence-corrected chi connectivity index (χ0v) is 6.21. The molecule has 0 saturated carbocycles. The van der Waals surface area contributed by atoms with Crippen LogP contribution in [0.3, 0.4) is 0 Å². The van der Waals surface area contributed by atoms with Crippen LogP contribution in [0.4, 0.5) is 0 Å². The fraction of sp³-hybridized carbons (Fsp3) is 0.286. The van der Waals surface area contributed by atoms with Crippen molar-refractivity contribution in [2.45, 2.75) is 13.3 Å². The van der Waals surface area contributed by atoms with E-state index in [4.69, 9.17) is 0 Å². The van der Waals surface area contributed by atoms with Crippen molar-refractivity contribution in [3.8, 4) is 0 Å². The van der Waals surface area contributed by atoms with Gasteiger partial charge >= 0.3 is 0 Å². The van der Waals surface area contributed by atoms with Gasteiger partial charge in [0.05, 0.1) is 0 Å². The van der Waals surface area contributed by atoms with Crippen LogP contribution in [-0.2, 0) is 23.5 Å². The third-order valence-corrected chi connectivity index (χ3v) is 1.16. The van der Waals surface area contributed by atoms with Crippen molar-refractivity contribution < 1.29 is 17.1 Å². The summed E-state index contributed by atoms with van der Waals surface area (Å²) in [6, 6.07) is 4.06. The van der Waals surface area contributed by atoms with Gasteiger partial charge in [-0.05, 0) is 24.1 Å². The van der Waals surface area contributed by atoms with Gasteiger partial charge in [0.2, 0.25) is 0 Å². The molecule has 53 valence electrons. The summed E-state index contributed by atoms with van der Waals surface area (Å²) in [5.41, 5.74) is 1.35. The molecule has 0 N–H and O–H groups in total. The number of nitrogens with zero attached hydrogens (tertiary/aromatic N) is 1. The Bertz CT molecular complexity index is 150. The summed E-state index contributed by atoms with van der Waals surface area (Å²) >= 11 is 0. The van der Waals surface area contributed by atoms with E-state index in [0.717, 1.165) is 6.42 Å². The zero-order valence-electron chi connectivity index (χ0n) is 5.27. The van der Waals surface area contributed by atoms with E-state index >= 15 is 0 Å². The maximum absolute atomic E-state index is 3.89. The Kier molecular flexibility index (Phi) is 4.37. The fourth-order valence-corrected chi connectivity index (χ4v) is 0.618. The van der Waals surface area contributed by atoms with Crippen LogP contribution >= 0.6 is 0 Å². The van der Waals surface area contributed by atoms with Gasteiger partial charge in [0.15, 0.2) is 0 Å². The summed E-state index contributed by atoms with van der Waals surface area (Å²) in [7, 11) is 0. The minimum absolute atomic E-state index is 0. The number of aryl methyl sites for hydroxylation is 1. The molecule has 1 rings (SSSR count). The van der Waals surface area contributed by atoms with Gasteiger partial charge in [-0.25, -0.2) is 0 Å². The molecule has 0 saturated heterocycles. The molecule has 1 heterocycles. The Morgan fingerprint density at radius 1 is 1.33 bits per heavy atom. The monoisotopic (exact) mass is 170 g/mol. The molecule has 0 fully saturated rings. The van der Waals surface area contributed by atoms with Gasteiger partial charge < -0.3 is 0 Å². The second kappa shape index (κ2) is 4.54. The summed E-state index contributed by atoms with van der Waals surface area (Å²) in [5, 5.41) is 0. The Balaban J connectivity index is 0.000000640. The van der Waals surface area contributed by atoms with E-state index in [-0.39, 0.29) is 17.1 Å². The number of pyridine rings is 1. The van der Waals surface area contributed by atoms with Crippen molar-refractivity contribution in [3.63, 3.8) is 0 Å². The van der Waals surface area contributed by atoms with Crippen LogP contribution in [0.2, 0.25) is 0 Å². The number of rotatable bonds is 1. The van der Waals surface area contributed by atoms with Gasteiger partial charge in [0.1, 0.15) is 0 Å². The molecule has 2 heteroatoms.